The lowest BCUT2D eigenvalue weighted by Crippen LogP contribution is -2.14. The molecule has 2 unspecified atom stereocenters. The lowest BCUT2D eigenvalue weighted by Gasteiger charge is -2.23. The molecule has 1 saturated carbocycles. The third-order valence-electron chi connectivity index (χ3n) is 4.86. The van der Waals surface area contributed by atoms with Gasteiger partial charge in [-0.25, -0.2) is 0 Å². The van der Waals surface area contributed by atoms with Crippen molar-refractivity contribution in [2.75, 3.05) is 0 Å². The molecular formula is C16H24N2. The van der Waals surface area contributed by atoms with Crippen molar-refractivity contribution >= 4 is 0 Å². The quantitative estimate of drug-likeness (QED) is 0.744. The zero-order valence-corrected chi connectivity index (χ0v) is 12.2. The Morgan fingerprint density at radius 3 is 2.50 bits per heavy atom. The lowest BCUT2D eigenvalue weighted by atomic mass is 9.80. The van der Waals surface area contributed by atoms with Crippen LogP contribution >= 0.6 is 0 Å². The second-order valence-corrected chi connectivity index (χ2v) is 7.92. The van der Waals surface area contributed by atoms with E-state index in [0.29, 0.717) is 17.3 Å². The maximum Gasteiger partial charge on any atom is 0.0702 e. The van der Waals surface area contributed by atoms with Gasteiger partial charge in [0.2, 0.25) is 0 Å². The summed E-state index contributed by atoms with van der Waals surface area (Å²) in [6.07, 6.45) is 3.66. The number of rotatable bonds is 1. The van der Waals surface area contributed by atoms with Crippen LogP contribution in [0, 0.1) is 10.8 Å². The zero-order valence-electron chi connectivity index (χ0n) is 12.2. The van der Waals surface area contributed by atoms with Gasteiger partial charge >= 0.3 is 0 Å². The number of hydrogen-bond donors (Lipinski definition) is 0. The Bertz CT molecular complexity index is 482. The summed E-state index contributed by atoms with van der Waals surface area (Å²) in [5, 5.41) is 9.04. The van der Waals surface area contributed by atoms with Crippen LogP contribution in [0.15, 0.2) is 6.07 Å². The predicted octanol–water partition coefficient (Wildman–Crippen LogP) is 4.07. The largest absolute Gasteiger partial charge is 0.155 e. The van der Waals surface area contributed by atoms with Crippen molar-refractivity contribution < 1.29 is 0 Å². The molecule has 0 radical (unpaired) electrons. The highest BCUT2D eigenvalue weighted by atomic mass is 15.1. The second-order valence-electron chi connectivity index (χ2n) is 7.92. The normalized spacial score (nSPS) is 28.5. The van der Waals surface area contributed by atoms with Crippen LogP contribution in [0.3, 0.4) is 0 Å². The molecule has 0 saturated heterocycles. The van der Waals surface area contributed by atoms with Crippen LogP contribution in [0.25, 0.3) is 0 Å². The first-order chi connectivity index (χ1) is 8.29. The third-order valence-corrected chi connectivity index (χ3v) is 4.86. The summed E-state index contributed by atoms with van der Waals surface area (Å²) in [5.74, 6) is 1.36. The molecule has 3 rings (SSSR count). The first kappa shape index (κ1) is 12.1. The molecule has 98 valence electrons. The molecule has 2 aliphatic rings. The molecule has 2 aliphatic carbocycles. The third kappa shape index (κ3) is 1.69. The van der Waals surface area contributed by atoms with E-state index >= 15 is 0 Å². The van der Waals surface area contributed by atoms with Crippen LogP contribution < -0.4 is 0 Å². The Labute approximate surface area is 110 Å². The molecule has 0 spiro atoms. The highest BCUT2D eigenvalue weighted by molar-refractivity contribution is 5.40. The van der Waals surface area contributed by atoms with Crippen molar-refractivity contribution in [1.82, 2.24) is 10.2 Å². The fraction of sp³-hybridized carbons (Fsp3) is 0.750. The molecular weight excluding hydrogens is 220 g/mol. The molecule has 2 bridgehead atoms. The van der Waals surface area contributed by atoms with E-state index in [4.69, 9.17) is 0 Å². The second kappa shape index (κ2) is 3.55. The molecule has 0 amide bonds. The number of nitrogens with zero attached hydrogens (tertiary/aromatic N) is 2. The van der Waals surface area contributed by atoms with Gasteiger partial charge in [0.25, 0.3) is 0 Å². The van der Waals surface area contributed by atoms with E-state index in [1.165, 1.54) is 29.8 Å². The molecule has 1 heterocycles. The number of hydrogen-bond acceptors (Lipinski definition) is 2. The van der Waals surface area contributed by atoms with Gasteiger partial charge in [-0.15, -0.1) is 0 Å². The summed E-state index contributed by atoms with van der Waals surface area (Å²) in [6.45, 7) is 11.6. The summed E-state index contributed by atoms with van der Waals surface area (Å²) in [7, 11) is 0. The van der Waals surface area contributed by atoms with Gasteiger partial charge in [-0.05, 0) is 47.6 Å². The van der Waals surface area contributed by atoms with Gasteiger partial charge in [-0.2, -0.15) is 10.2 Å². The van der Waals surface area contributed by atoms with Crippen LogP contribution in [0.5, 0.6) is 0 Å². The van der Waals surface area contributed by atoms with Crippen LogP contribution in [0.2, 0.25) is 0 Å². The van der Waals surface area contributed by atoms with E-state index < -0.39 is 0 Å². The van der Waals surface area contributed by atoms with Crippen molar-refractivity contribution in [2.24, 2.45) is 10.8 Å². The van der Waals surface area contributed by atoms with Crippen LogP contribution in [0.4, 0.5) is 0 Å². The summed E-state index contributed by atoms with van der Waals surface area (Å²) < 4.78 is 0. The molecule has 1 fully saturated rings. The first-order valence-corrected chi connectivity index (χ1v) is 7.15. The molecule has 2 atom stereocenters. The minimum atomic E-state index is 0.288. The summed E-state index contributed by atoms with van der Waals surface area (Å²) in [4.78, 5) is 0. The SMILES string of the molecule is CC(C)(C)Cc1cc2c(nn1)C1CCC2C1(C)C. The number of aromatic nitrogens is 2. The summed E-state index contributed by atoms with van der Waals surface area (Å²) in [6, 6.07) is 2.35. The average Bonchev–Trinajstić information content (AvgIpc) is 2.63. The minimum Gasteiger partial charge on any atom is -0.155 e. The smallest absolute Gasteiger partial charge is 0.0702 e. The monoisotopic (exact) mass is 244 g/mol. The first-order valence-electron chi connectivity index (χ1n) is 7.15. The average molecular weight is 244 g/mol. The fourth-order valence-electron chi connectivity index (χ4n) is 4.00. The van der Waals surface area contributed by atoms with Gasteiger partial charge in [-0.1, -0.05) is 34.6 Å². The summed E-state index contributed by atoms with van der Waals surface area (Å²) in [5.41, 5.74) is 4.66. The van der Waals surface area contributed by atoms with E-state index in [0.717, 1.165) is 6.42 Å². The Hall–Kier alpha value is -0.920. The van der Waals surface area contributed by atoms with Crippen LogP contribution in [0.1, 0.15) is 76.2 Å². The van der Waals surface area contributed by atoms with E-state index in [1.807, 2.05) is 0 Å². The Kier molecular flexibility index (Phi) is 2.39. The van der Waals surface area contributed by atoms with Gasteiger partial charge in [0.1, 0.15) is 0 Å². The van der Waals surface area contributed by atoms with Crippen molar-refractivity contribution in [3.8, 4) is 0 Å². The molecule has 18 heavy (non-hydrogen) atoms. The molecule has 0 N–H and O–H groups in total. The van der Waals surface area contributed by atoms with Crippen molar-refractivity contribution in [3.05, 3.63) is 23.0 Å². The van der Waals surface area contributed by atoms with E-state index in [9.17, 15) is 0 Å². The molecule has 2 nitrogen and oxygen atoms in total. The standard InChI is InChI=1S/C16H24N2/c1-15(2,3)9-10-8-11-12-6-7-13(16(12,4)5)14(11)18-17-10/h8,12-13H,6-7,9H2,1-5H3. The maximum atomic E-state index is 4.57. The Morgan fingerprint density at radius 2 is 1.83 bits per heavy atom. The van der Waals surface area contributed by atoms with E-state index in [-0.39, 0.29) is 5.41 Å². The molecule has 0 aromatic carbocycles. The predicted molar refractivity (Wildman–Crippen MR) is 73.7 cm³/mol. The van der Waals surface area contributed by atoms with Crippen LogP contribution in [-0.4, -0.2) is 10.2 Å². The lowest BCUT2D eigenvalue weighted by molar-refractivity contribution is 0.323. The Morgan fingerprint density at radius 1 is 1.17 bits per heavy atom. The van der Waals surface area contributed by atoms with E-state index in [2.05, 4.69) is 50.9 Å². The van der Waals surface area contributed by atoms with Crippen molar-refractivity contribution in [2.45, 2.75) is 65.7 Å². The zero-order chi connectivity index (χ0) is 13.1. The maximum absolute atomic E-state index is 4.57. The van der Waals surface area contributed by atoms with Gasteiger partial charge < -0.3 is 0 Å². The molecule has 0 aliphatic heterocycles. The van der Waals surface area contributed by atoms with Crippen LogP contribution in [-0.2, 0) is 6.42 Å². The fourth-order valence-corrected chi connectivity index (χ4v) is 4.00. The Balaban J connectivity index is 1.98. The summed E-state index contributed by atoms with van der Waals surface area (Å²) >= 11 is 0. The highest BCUT2D eigenvalue weighted by Crippen LogP contribution is 2.63. The van der Waals surface area contributed by atoms with Crippen molar-refractivity contribution in [3.63, 3.8) is 0 Å². The van der Waals surface area contributed by atoms with E-state index in [1.54, 1.807) is 0 Å². The van der Waals surface area contributed by atoms with Gasteiger partial charge in [-0.3, -0.25) is 0 Å². The molecule has 1 aromatic heterocycles. The topological polar surface area (TPSA) is 25.8 Å². The molecule has 1 aromatic rings. The minimum absolute atomic E-state index is 0.288. The van der Waals surface area contributed by atoms with Crippen molar-refractivity contribution in [1.29, 1.82) is 0 Å². The highest BCUT2D eigenvalue weighted by Gasteiger charge is 2.52. The van der Waals surface area contributed by atoms with Gasteiger partial charge in [0, 0.05) is 5.92 Å². The van der Waals surface area contributed by atoms with Gasteiger partial charge in [0.05, 0.1) is 11.4 Å². The molecule has 2 heteroatoms. The number of fused-ring (bicyclic) bond motifs is 5. The van der Waals surface area contributed by atoms with Gasteiger partial charge in [0.15, 0.2) is 0 Å².